The second kappa shape index (κ2) is 14.3. The Hall–Kier alpha value is -3.22. The Morgan fingerprint density at radius 1 is 0.886 bits per heavy atom. The highest BCUT2D eigenvalue weighted by Gasteiger charge is 2.45. The van der Waals surface area contributed by atoms with Crippen LogP contribution in [0.15, 0.2) is 78.9 Å². The van der Waals surface area contributed by atoms with E-state index in [2.05, 4.69) is 73.9 Å². The van der Waals surface area contributed by atoms with Crippen molar-refractivity contribution in [3.63, 3.8) is 0 Å². The number of hydrogen-bond acceptors (Lipinski definition) is 7. The summed E-state index contributed by atoms with van der Waals surface area (Å²) in [5.41, 5.74) is 3.48. The smallest absolute Gasteiger partial charge is 0.453 e. The average Bonchev–Trinajstić information content (AvgIpc) is 3.66. The summed E-state index contributed by atoms with van der Waals surface area (Å²) in [6.07, 6.45) is -3.63. The Morgan fingerprint density at radius 3 is 2.14 bits per heavy atom. The lowest BCUT2D eigenvalue weighted by Crippen LogP contribution is -2.58. The van der Waals surface area contributed by atoms with Gasteiger partial charge in [0.15, 0.2) is 0 Å². The summed E-state index contributed by atoms with van der Waals surface area (Å²) >= 11 is 0. The number of fused-ring (bicyclic) bond motifs is 1. The number of benzene rings is 3. The number of piperazine rings is 1. The molecule has 0 radical (unpaired) electrons. The first-order valence-electron chi connectivity index (χ1n) is 14.0. The maximum Gasteiger partial charge on any atom is 0.453 e. The number of hydrogen-bond donors (Lipinski definition) is 0. The molecule has 0 saturated carbocycles. The molecule has 8 nitrogen and oxygen atoms in total. The summed E-state index contributed by atoms with van der Waals surface area (Å²) < 4.78 is 52.9. The summed E-state index contributed by atoms with van der Waals surface area (Å²) in [5, 5.41) is 10.1. The van der Waals surface area contributed by atoms with Gasteiger partial charge in [0.2, 0.25) is 0 Å². The first-order valence-corrected chi connectivity index (χ1v) is 14.0. The summed E-state index contributed by atoms with van der Waals surface area (Å²) in [7, 11) is 3.34. The van der Waals surface area contributed by atoms with Crippen LogP contribution in [0.4, 0.5) is 13.2 Å². The van der Waals surface area contributed by atoms with Crippen molar-refractivity contribution in [3.8, 4) is 11.4 Å². The number of aromatic nitrogens is 4. The molecule has 2 saturated heterocycles. The van der Waals surface area contributed by atoms with Crippen molar-refractivity contribution in [1.29, 1.82) is 0 Å². The number of methoxy groups -OCH3 is 2. The number of halogens is 5. The first-order chi connectivity index (χ1) is 20.4. The summed E-state index contributed by atoms with van der Waals surface area (Å²) in [6.45, 7) is 2.91. The highest BCUT2D eigenvalue weighted by molar-refractivity contribution is 5.85. The molecule has 44 heavy (non-hydrogen) atoms. The summed E-state index contributed by atoms with van der Waals surface area (Å²) in [5.74, 6) is -0.447. The molecule has 0 aliphatic carbocycles. The van der Waals surface area contributed by atoms with Gasteiger partial charge >= 0.3 is 6.18 Å². The van der Waals surface area contributed by atoms with Gasteiger partial charge in [0.1, 0.15) is 5.75 Å². The Kier molecular flexibility index (Phi) is 10.9. The van der Waals surface area contributed by atoms with Crippen molar-refractivity contribution in [2.75, 3.05) is 33.9 Å². The van der Waals surface area contributed by atoms with Gasteiger partial charge in [-0.25, -0.2) is 0 Å². The molecule has 13 heteroatoms. The average molecular weight is 652 g/mol. The lowest BCUT2D eigenvalue weighted by atomic mass is 9.82. The molecule has 3 heterocycles. The van der Waals surface area contributed by atoms with E-state index >= 15 is 0 Å². The van der Waals surface area contributed by atoms with Gasteiger partial charge in [0, 0.05) is 56.9 Å². The quantitative estimate of drug-likeness (QED) is 0.245. The van der Waals surface area contributed by atoms with Gasteiger partial charge in [0.25, 0.3) is 5.82 Å². The highest BCUT2D eigenvalue weighted by atomic mass is 35.5. The standard InChI is InChI=1S/C31H33F3N6O2.2ClH/c1-41-26-16-25-18-38(17-23-15-24(13-14-28(23)42-2)40-30(31(32,33)34)35-36-37-40)20-27(39(25)19-26)29(21-9-5-3-6-10-21)22-11-7-4-8-12-22;;/h3-15,25-27,29H,16-20H2,1-2H3;2*1H/t25-,26+,27-;;/m0../s1. The van der Waals surface area contributed by atoms with Crippen molar-refractivity contribution in [1.82, 2.24) is 30.0 Å². The minimum atomic E-state index is -4.68. The van der Waals surface area contributed by atoms with Crippen LogP contribution < -0.4 is 4.74 Å². The molecule has 4 aromatic rings. The van der Waals surface area contributed by atoms with Gasteiger partial charge in [-0.15, -0.1) is 29.9 Å². The van der Waals surface area contributed by atoms with E-state index in [9.17, 15) is 13.2 Å². The van der Waals surface area contributed by atoms with E-state index in [0.717, 1.165) is 36.3 Å². The minimum absolute atomic E-state index is 0. The molecular weight excluding hydrogens is 616 g/mol. The number of rotatable bonds is 8. The number of alkyl halides is 3. The molecule has 0 bridgehead atoms. The lowest BCUT2D eigenvalue weighted by molar-refractivity contribution is -0.146. The minimum Gasteiger partial charge on any atom is -0.496 e. The van der Waals surface area contributed by atoms with Gasteiger partial charge in [-0.3, -0.25) is 9.80 Å². The maximum absolute atomic E-state index is 13.6. The second-order valence-electron chi connectivity index (χ2n) is 10.9. The lowest BCUT2D eigenvalue weighted by Gasteiger charge is -2.47. The topological polar surface area (TPSA) is 68.5 Å². The molecule has 2 aliphatic rings. The van der Waals surface area contributed by atoms with Gasteiger partial charge in [-0.1, -0.05) is 60.7 Å². The molecular formula is C31H35Cl2F3N6O2. The Labute approximate surface area is 267 Å². The van der Waals surface area contributed by atoms with Crippen LogP contribution >= 0.6 is 24.8 Å². The van der Waals surface area contributed by atoms with Gasteiger partial charge in [-0.2, -0.15) is 17.9 Å². The van der Waals surface area contributed by atoms with Gasteiger partial charge < -0.3 is 9.47 Å². The number of tetrazole rings is 1. The molecule has 3 atom stereocenters. The van der Waals surface area contributed by atoms with Crippen LogP contribution in [0, 0.1) is 0 Å². The van der Waals surface area contributed by atoms with Crippen LogP contribution in [0.5, 0.6) is 5.75 Å². The molecule has 3 aromatic carbocycles. The van der Waals surface area contributed by atoms with Gasteiger partial charge in [-0.05, 0) is 46.2 Å². The Balaban J connectivity index is 0.00000221. The molecule has 236 valence electrons. The van der Waals surface area contributed by atoms with Crippen LogP contribution in [0.2, 0.25) is 0 Å². The molecule has 0 N–H and O–H groups in total. The fourth-order valence-corrected chi connectivity index (χ4v) is 6.58. The van der Waals surface area contributed by atoms with Crippen LogP contribution in [0.1, 0.15) is 34.9 Å². The van der Waals surface area contributed by atoms with E-state index in [1.165, 1.54) is 17.2 Å². The second-order valence-corrected chi connectivity index (χ2v) is 10.9. The van der Waals surface area contributed by atoms with E-state index < -0.39 is 12.0 Å². The van der Waals surface area contributed by atoms with Crippen LogP contribution in [-0.2, 0) is 17.5 Å². The number of nitrogens with zero attached hydrogens (tertiary/aromatic N) is 6. The third kappa shape index (κ3) is 6.87. The van der Waals surface area contributed by atoms with Crippen LogP contribution in [0.25, 0.3) is 5.69 Å². The van der Waals surface area contributed by atoms with Crippen molar-refractivity contribution in [2.45, 2.75) is 43.2 Å². The zero-order valence-corrected chi connectivity index (χ0v) is 25.9. The molecule has 6 rings (SSSR count). The van der Waals surface area contributed by atoms with Crippen LogP contribution in [0.3, 0.4) is 0 Å². The van der Waals surface area contributed by atoms with E-state index in [1.807, 2.05) is 12.1 Å². The van der Waals surface area contributed by atoms with E-state index in [-0.39, 0.29) is 54.6 Å². The Morgan fingerprint density at radius 2 is 1.55 bits per heavy atom. The fourth-order valence-electron chi connectivity index (χ4n) is 6.58. The summed E-state index contributed by atoms with van der Waals surface area (Å²) in [4.78, 5) is 4.98. The predicted molar refractivity (Wildman–Crippen MR) is 165 cm³/mol. The monoisotopic (exact) mass is 650 g/mol. The molecule has 2 fully saturated rings. The van der Waals surface area contributed by atoms with E-state index in [0.29, 0.717) is 12.3 Å². The maximum atomic E-state index is 13.6. The molecule has 0 spiro atoms. The normalized spacial score (nSPS) is 20.5. The Bertz CT molecular complexity index is 1460. The SMILES string of the molecule is COc1ccc(-n2nnnc2C(F)(F)F)cc1CN1C[C@@H]2C[C@@H](OC)CN2[C@H](C(c2ccccc2)c2ccccc2)C1.Cl.Cl. The molecule has 2 aliphatic heterocycles. The predicted octanol–water partition coefficient (Wildman–Crippen LogP) is 5.64. The van der Waals surface area contributed by atoms with Crippen LogP contribution in [-0.4, -0.2) is 82.0 Å². The fraction of sp³-hybridized carbons (Fsp3) is 0.387. The highest BCUT2D eigenvalue weighted by Crippen LogP contribution is 2.39. The third-order valence-electron chi connectivity index (χ3n) is 8.42. The number of ether oxygens (including phenoxy) is 2. The van der Waals surface area contributed by atoms with Crippen molar-refractivity contribution < 1.29 is 22.6 Å². The third-order valence-corrected chi connectivity index (χ3v) is 8.42. The van der Waals surface area contributed by atoms with Crippen molar-refractivity contribution in [2.24, 2.45) is 0 Å². The largest absolute Gasteiger partial charge is 0.496 e. The zero-order valence-electron chi connectivity index (χ0n) is 24.3. The zero-order chi connectivity index (χ0) is 29.3. The molecule has 0 unspecified atom stereocenters. The van der Waals surface area contributed by atoms with E-state index in [1.54, 1.807) is 26.4 Å². The van der Waals surface area contributed by atoms with Crippen molar-refractivity contribution in [3.05, 3.63) is 101 Å². The molecule has 1 aromatic heterocycles. The van der Waals surface area contributed by atoms with Crippen molar-refractivity contribution >= 4 is 24.8 Å². The first kappa shape index (κ1) is 33.7. The van der Waals surface area contributed by atoms with E-state index in [4.69, 9.17) is 9.47 Å². The molecule has 0 amide bonds. The van der Waals surface area contributed by atoms with Gasteiger partial charge in [0.05, 0.1) is 18.9 Å². The summed E-state index contributed by atoms with van der Waals surface area (Å²) in [6, 6.07) is 26.5.